The average molecular weight is 1350 g/mol. The molecule has 6 heteroatoms. The largest absolute Gasteiger partial charge is 0.309 e. The number of benzene rings is 15. The minimum Gasteiger partial charge on any atom is -0.309 e. The Labute approximate surface area is 612 Å². The summed E-state index contributed by atoms with van der Waals surface area (Å²) in [5.41, 5.74) is 29.6. The van der Waals surface area contributed by atoms with E-state index in [9.17, 15) is 0 Å². The van der Waals surface area contributed by atoms with Crippen LogP contribution in [-0.2, 0) is 0 Å². The molecule has 494 valence electrons. The van der Waals surface area contributed by atoms with Gasteiger partial charge in [0.15, 0.2) is 0 Å². The summed E-state index contributed by atoms with van der Waals surface area (Å²) in [4.78, 5) is 11.2. The fourth-order valence-electron chi connectivity index (χ4n) is 16.5. The Hall–Kier alpha value is -14.2. The monoisotopic (exact) mass is 1350 g/mol. The van der Waals surface area contributed by atoms with Crippen molar-refractivity contribution in [3.8, 4) is 112 Å². The summed E-state index contributed by atoms with van der Waals surface area (Å²) in [6.07, 6.45) is 0. The highest BCUT2D eigenvalue weighted by Crippen LogP contribution is 2.44. The number of hydrogen-bond donors (Lipinski definition) is 0. The molecule has 6 heterocycles. The summed E-state index contributed by atoms with van der Waals surface area (Å²) in [7, 11) is 0. The third-order valence-corrected chi connectivity index (χ3v) is 21.5. The van der Waals surface area contributed by atoms with Gasteiger partial charge in [-0.3, -0.25) is 4.57 Å². The van der Waals surface area contributed by atoms with E-state index in [0.717, 1.165) is 134 Å². The van der Waals surface area contributed by atoms with Gasteiger partial charge in [-0.2, -0.15) is 0 Å². The number of para-hydroxylation sites is 5. The lowest BCUT2D eigenvalue weighted by Gasteiger charge is -2.14. The Morgan fingerprint density at radius 1 is 0.142 bits per heavy atom. The first kappa shape index (κ1) is 60.6. The molecule has 0 radical (unpaired) electrons. The standard InChI is InChI=1S/C100H64N6/c1-6-23-65(24-7-1)76-59-89(68-41-48-80(49-42-68)105-92-38-19-16-35-81(92)84-50-43-73(62-98(84)105)71-45-52-95-86(57-71)82-36-17-20-39-93(82)103(95)78-31-12-4-13-32-78)101-91(60-76)75-30-22-29-69(55-75)70-47-54-97-88(56-70)85-51-44-74(72-46-53-96-87(58-72)83-37-18-21-40-94(83)104(96)79-33-14-5-15-34-79)63-99(85)106(97)100-64-77(66-25-8-2-9-26-66)61-90(102-100)67-27-10-3-11-28-67/h1-64H. The quantitative estimate of drug-likeness (QED) is 0.122. The topological polar surface area (TPSA) is 45.5 Å². The van der Waals surface area contributed by atoms with Gasteiger partial charge in [0.05, 0.1) is 61.2 Å². The minimum atomic E-state index is 0.846. The van der Waals surface area contributed by atoms with Crippen LogP contribution in [0.25, 0.3) is 200 Å². The second-order valence-electron chi connectivity index (χ2n) is 27.7. The van der Waals surface area contributed by atoms with E-state index in [4.69, 9.17) is 9.97 Å². The van der Waals surface area contributed by atoms with Gasteiger partial charge in [-0.15, -0.1) is 0 Å². The maximum atomic E-state index is 5.59. The van der Waals surface area contributed by atoms with Crippen molar-refractivity contribution in [1.82, 2.24) is 28.2 Å². The van der Waals surface area contributed by atoms with E-state index in [1.54, 1.807) is 0 Å². The summed E-state index contributed by atoms with van der Waals surface area (Å²) in [5, 5.41) is 9.60. The highest BCUT2D eigenvalue weighted by molar-refractivity contribution is 6.15. The van der Waals surface area contributed by atoms with Gasteiger partial charge in [0, 0.05) is 76.8 Å². The van der Waals surface area contributed by atoms with Gasteiger partial charge in [-0.05, 0) is 189 Å². The van der Waals surface area contributed by atoms with Crippen LogP contribution in [-0.4, -0.2) is 28.2 Å². The number of hydrogen-bond acceptors (Lipinski definition) is 2. The van der Waals surface area contributed by atoms with Crippen molar-refractivity contribution in [3.63, 3.8) is 0 Å². The van der Waals surface area contributed by atoms with Crippen LogP contribution in [0.15, 0.2) is 388 Å². The number of rotatable bonds is 12. The molecule has 0 N–H and O–H groups in total. The van der Waals surface area contributed by atoms with Gasteiger partial charge < -0.3 is 13.7 Å². The zero-order valence-corrected chi connectivity index (χ0v) is 57.6. The Balaban J connectivity index is 0.670. The fourth-order valence-corrected chi connectivity index (χ4v) is 16.5. The first-order valence-corrected chi connectivity index (χ1v) is 36.3. The van der Waals surface area contributed by atoms with Gasteiger partial charge in [0.1, 0.15) is 5.82 Å². The second-order valence-corrected chi connectivity index (χ2v) is 27.7. The van der Waals surface area contributed by atoms with Crippen LogP contribution in [0.5, 0.6) is 0 Å². The smallest absolute Gasteiger partial charge is 0.138 e. The maximum Gasteiger partial charge on any atom is 0.138 e. The molecule has 0 atom stereocenters. The molecule has 6 aromatic heterocycles. The van der Waals surface area contributed by atoms with E-state index in [0.29, 0.717) is 0 Å². The molecule has 0 fully saturated rings. The summed E-state index contributed by atoms with van der Waals surface area (Å²) >= 11 is 0. The van der Waals surface area contributed by atoms with Crippen LogP contribution in [0.2, 0.25) is 0 Å². The number of pyridine rings is 2. The predicted molar refractivity (Wildman–Crippen MR) is 443 cm³/mol. The second kappa shape index (κ2) is 24.8. The number of fused-ring (bicyclic) bond motifs is 12. The molecule has 0 saturated heterocycles. The molecule has 0 aliphatic rings. The molecule has 0 amide bonds. The Bertz CT molecular complexity index is 6970. The molecule has 0 aliphatic carbocycles. The first-order chi connectivity index (χ1) is 52.5. The molecule has 0 bridgehead atoms. The van der Waals surface area contributed by atoms with E-state index in [1.165, 1.54) is 65.5 Å². The Morgan fingerprint density at radius 3 is 0.953 bits per heavy atom. The molecule has 0 aliphatic heterocycles. The van der Waals surface area contributed by atoms with E-state index in [1.807, 2.05) is 0 Å². The van der Waals surface area contributed by atoms with Crippen molar-refractivity contribution in [3.05, 3.63) is 388 Å². The molecule has 0 saturated carbocycles. The van der Waals surface area contributed by atoms with Gasteiger partial charge in [-0.25, -0.2) is 9.97 Å². The van der Waals surface area contributed by atoms with Gasteiger partial charge in [-0.1, -0.05) is 255 Å². The van der Waals surface area contributed by atoms with E-state index in [-0.39, 0.29) is 0 Å². The van der Waals surface area contributed by atoms with E-state index >= 15 is 0 Å². The third-order valence-electron chi connectivity index (χ3n) is 21.5. The summed E-state index contributed by atoms with van der Waals surface area (Å²) in [6.45, 7) is 0. The highest BCUT2D eigenvalue weighted by Gasteiger charge is 2.22. The molecule has 0 spiro atoms. The fraction of sp³-hybridized carbons (Fsp3) is 0. The SMILES string of the molecule is c1ccc(-c2cc(-c3ccc(-n4c5ccccc5c5ccc(-c6ccc7c(c6)c6ccccc6n7-c6ccccc6)cc54)cc3)nc(-c3cccc(-c4ccc5c(c4)c4ccc(-c6ccc7c(c6)c6ccccc6n7-c6ccccc6)cc4n5-c4cc(-c5ccccc5)cc(-c5ccccc5)n4)c3)c2)cc1. The first-order valence-electron chi connectivity index (χ1n) is 36.3. The zero-order valence-electron chi connectivity index (χ0n) is 57.6. The molecule has 106 heavy (non-hydrogen) atoms. The highest BCUT2D eigenvalue weighted by atomic mass is 15.1. The minimum absolute atomic E-state index is 0.846. The van der Waals surface area contributed by atoms with Gasteiger partial charge >= 0.3 is 0 Å². The van der Waals surface area contributed by atoms with Crippen molar-refractivity contribution in [1.29, 1.82) is 0 Å². The predicted octanol–water partition coefficient (Wildman–Crippen LogP) is 26.2. The third kappa shape index (κ3) is 10.2. The van der Waals surface area contributed by atoms with Crippen LogP contribution < -0.4 is 0 Å². The van der Waals surface area contributed by atoms with Crippen molar-refractivity contribution >= 4 is 87.2 Å². The van der Waals surface area contributed by atoms with Gasteiger partial charge in [0.25, 0.3) is 0 Å². The average Bonchev–Trinajstić information content (AvgIpc) is 1.59. The molecule has 6 nitrogen and oxygen atoms in total. The van der Waals surface area contributed by atoms with Crippen LogP contribution in [0.1, 0.15) is 0 Å². The maximum absolute atomic E-state index is 5.59. The van der Waals surface area contributed by atoms with Crippen molar-refractivity contribution < 1.29 is 0 Å². The molecular formula is C100H64N6. The van der Waals surface area contributed by atoms with Crippen LogP contribution in [0.3, 0.4) is 0 Å². The zero-order chi connectivity index (χ0) is 69.8. The Morgan fingerprint density at radius 2 is 0.443 bits per heavy atom. The summed E-state index contributed by atoms with van der Waals surface area (Å²) < 4.78 is 9.56. The molecule has 0 unspecified atom stereocenters. The van der Waals surface area contributed by atoms with E-state index < -0.39 is 0 Å². The van der Waals surface area contributed by atoms with Gasteiger partial charge in [0.2, 0.25) is 0 Å². The molecule has 15 aromatic carbocycles. The van der Waals surface area contributed by atoms with Crippen LogP contribution in [0, 0.1) is 0 Å². The van der Waals surface area contributed by atoms with Crippen molar-refractivity contribution in [2.75, 3.05) is 0 Å². The van der Waals surface area contributed by atoms with Crippen LogP contribution >= 0.6 is 0 Å². The van der Waals surface area contributed by atoms with Crippen molar-refractivity contribution in [2.45, 2.75) is 0 Å². The molecule has 21 rings (SSSR count). The lowest BCUT2D eigenvalue weighted by Crippen LogP contribution is -2.00. The summed E-state index contributed by atoms with van der Waals surface area (Å²) in [6, 6.07) is 141. The molecular weight excluding hydrogens is 1290 g/mol. The number of nitrogens with zero attached hydrogens (tertiary/aromatic N) is 6. The Kier molecular flexibility index (Phi) is 14.2. The van der Waals surface area contributed by atoms with Crippen molar-refractivity contribution in [2.24, 2.45) is 0 Å². The normalized spacial score (nSPS) is 11.8. The number of aromatic nitrogens is 6. The lowest BCUT2D eigenvalue weighted by atomic mass is 9.97. The lowest BCUT2D eigenvalue weighted by molar-refractivity contribution is 1.08. The van der Waals surface area contributed by atoms with E-state index in [2.05, 4.69) is 407 Å². The summed E-state index contributed by atoms with van der Waals surface area (Å²) in [5.74, 6) is 0.846. The van der Waals surface area contributed by atoms with Crippen LogP contribution in [0.4, 0.5) is 0 Å². The molecule has 21 aromatic rings.